The van der Waals surface area contributed by atoms with Gasteiger partial charge in [0.05, 0.1) is 11.7 Å². The number of rotatable bonds is 4. The maximum atomic E-state index is 5.89. The summed E-state index contributed by atoms with van der Waals surface area (Å²) in [5.74, 6) is 2.35. The molecule has 2 aromatic heterocycles. The van der Waals surface area contributed by atoms with E-state index in [0.717, 1.165) is 50.4 Å². The Bertz CT molecular complexity index is 549. The summed E-state index contributed by atoms with van der Waals surface area (Å²) in [6.07, 6.45) is 6.72. The van der Waals surface area contributed by atoms with Gasteiger partial charge in [-0.15, -0.1) is 11.6 Å². The Morgan fingerprint density at radius 2 is 2.21 bits per heavy atom. The largest absolute Gasteiger partial charge is 0.381 e. The Morgan fingerprint density at radius 1 is 1.37 bits per heavy atom. The van der Waals surface area contributed by atoms with E-state index in [1.165, 1.54) is 5.52 Å². The molecule has 0 saturated carbocycles. The quantitative estimate of drug-likeness (QED) is 0.808. The number of pyridine rings is 1. The van der Waals surface area contributed by atoms with Crippen molar-refractivity contribution in [1.82, 2.24) is 14.5 Å². The lowest BCUT2D eigenvalue weighted by atomic mass is 10.0. The first kappa shape index (κ1) is 12.9. The molecule has 0 aromatic carbocycles. The summed E-state index contributed by atoms with van der Waals surface area (Å²) in [6, 6.07) is 2.04. The number of imidazole rings is 1. The van der Waals surface area contributed by atoms with Crippen molar-refractivity contribution in [3.8, 4) is 0 Å². The first-order valence-electron chi connectivity index (χ1n) is 6.81. The number of ether oxygens (including phenoxy) is 1. The molecule has 19 heavy (non-hydrogen) atoms. The van der Waals surface area contributed by atoms with Gasteiger partial charge in [-0.1, -0.05) is 0 Å². The van der Waals surface area contributed by atoms with Crippen LogP contribution in [0, 0.1) is 5.92 Å². The fourth-order valence-electron chi connectivity index (χ4n) is 2.70. The molecular weight excluding hydrogens is 262 g/mol. The number of alkyl halides is 1. The summed E-state index contributed by atoms with van der Waals surface area (Å²) in [4.78, 5) is 8.80. The van der Waals surface area contributed by atoms with Gasteiger partial charge in [0, 0.05) is 38.3 Å². The second kappa shape index (κ2) is 5.88. The molecule has 1 saturated heterocycles. The Morgan fingerprint density at radius 3 is 3.00 bits per heavy atom. The highest BCUT2D eigenvalue weighted by Crippen LogP contribution is 2.22. The van der Waals surface area contributed by atoms with Crippen molar-refractivity contribution in [2.75, 3.05) is 19.1 Å². The average Bonchev–Trinajstić information content (AvgIpc) is 2.79. The Kier molecular flexibility index (Phi) is 3.99. The zero-order chi connectivity index (χ0) is 13.1. The van der Waals surface area contributed by atoms with Crippen LogP contribution >= 0.6 is 11.6 Å². The molecule has 5 heteroatoms. The van der Waals surface area contributed by atoms with E-state index in [0.29, 0.717) is 11.8 Å². The maximum Gasteiger partial charge on any atom is 0.111 e. The summed E-state index contributed by atoms with van der Waals surface area (Å²) in [7, 11) is 0. The first-order valence-corrected chi connectivity index (χ1v) is 7.35. The van der Waals surface area contributed by atoms with E-state index in [2.05, 4.69) is 14.5 Å². The second-order valence-corrected chi connectivity index (χ2v) is 5.38. The van der Waals surface area contributed by atoms with Gasteiger partial charge in [0.1, 0.15) is 11.3 Å². The Labute approximate surface area is 117 Å². The summed E-state index contributed by atoms with van der Waals surface area (Å²) in [6.45, 7) is 2.77. The van der Waals surface area contributed by atoms with Crippen molar-refractivity contribution in [2.45, 2.75) is 25.8 Å². The Balaban J connectivity index is 1.92. The molecule has 0 atom stereocenters. The van der Waals surface area contributed by atoms with Crippen LogP contribution in [0.1, 0.15) is 18.7 Å². The zero-order valence-corrected chi connectivity index (χ0v) is 11.6. The van der Waals surface area contributed by atoms with Crippen molar-refractivity contribution in [1.29, 1.82) is 0 Å². The summed E-state index contributed by atoms with van der Waals surface area (Å²) >= 11 is 5.89. The van der Waals surface area contributed by atoms with Gasteiger partial charge in [0.25, 0.3) is 0 Å². The van der Waals surface area contributed by atoms with E-state index < -0.39 is 0 Å². The highest BCUT2D eigenvalue weighted by molar-refractivity contribution is 6.17. The van der Waals surface area contributed by atoms with Crippen LogP contribution in [0.3, 0.4) is 0 Å². The molecule has 0 spiro atoms. The van der Waals surface area contributed by atoms with Gasteiger partial charge in [0.2, 0.25) is 0 Å². The van der Waals surface area contributed by atoms with Gasteiger partial charge < -0.3 is 9.30 Å². The zero-order valence-electron chi connectivity index (χ0n) is 10.9. The van der Waals surface area contributed by atoms with Crippen molar-refractivity contribution in [2.24, 2.45) is 5.92 Å². The molecule has 0 radical (unpaired) electrons. The van der Waals surface area contributed by atoms with E-state index in [1.807, 2.05) is 18.5 Å². The summed E-state index contributed by atoms with van der Waals surface area (Å²) in [5, 5.41) is 0. The van der Waals surface area contributed by atoms with Crippen molar-refractivity contribution in [3.63, 3.8) is 0 Å². The minimum Gasteiger partial charge on any atom is -0.381 e. The molecule has 0 bridgehead atoms. The topological polar surface area (TPSA) is 39.9 Å². The van der Waals surface area contributed by atoms with Crippen LogP contribution in [-0.2, 0) is 17.7 Å². The van der Waals surface area contributed by atoms with E-state index in [-0.39, 0.29) is 0 Å². The van der Waals surface area contributed by atoms with Crippen LogP contribution < -0.4 is 0 Å². The van der Waals surface area contributed by atoms with Crippen LogP contribution in [0.2, 0.25) is 0 Å². The molecule has 1 aliphatic heterocycles. The van der Waals surface area contributed by atoms with E-state index in [1.54, 1.807) is 0 Å². The predicted molar refractivity (Wildman–Crippen MR) is 75.5 cm³/mol. The van der Waals surface area contributed by atoms with E-state index in [9.17, 15) is 0 Å². The molecular formula is C14H18ClN3O. The molecule has 1 fully saturated rings. The summed E-state index contributed by atoms with van der Waals surface area (Å²) in [5.41, 5.74) is 2.14. The van der Waals surface area contributed by atoms with Gasteiger partial charge in [-0.05, 0) is 24.8 Å². The number of hydrogen-bond donors (Lipinski definition) is 0. The predicted octanol–water partition coefficient (Wildman–Crippen LogP) is 2.64. The number of fused-ring (bicyclic) bond motifs is 1. The third-order valence-corrected chi connectivity index (χ3v) is 3.92. The number of nitrogens with zero attached hydrogens (tertiary/aromatic N) is 3. The molecule has 3 heterocycles. The maximum absolute atomic E-state index is 5.89. The minimum atomic E-state index is 0.602. The smallest absolute Gasteiger partial charge is 0.111 e. The number of hydrogen-bond acceptors (Lipinski definition) is 3. The SMILES string of the molecule is ClCCc1nc2cnccc2n1CC1CCOCC1. The minimum absolute atomic E-state index is 0.602. The third kappa shape index (κ3) is 2.74. The number of halogens is 1. The molecule has 0 unspecified atom stereocenters. The molecule has 2 aromatic rings. The Hall–Kier alpha value is -1.13. The van der Waals surface area contributed by atoms with Crippen LogP contribution in [-0.4, -0.2) is 33.6 Å². The highest BCUT2D eigenvalue weighted by Gasteiger charge is 2.18. The standard InChI is InChI=1S/C14H18ClN3O/c15-5-1-14-17-12-9-16-6-2-13(12)18(14)10-11-3-7-19-8-4-11/h2,6,9,11H,1,3-5,7-8,10H2. The molecule has 0 amide bonds. The van der Waals surface area contributed by atoms with E-state index in [4.69, 9.17) is 16.3 Å². The lowest BCUT2D eigenvalue weighted by Crippen LogP contribution is -2.21. The second-order valence-electron chi connectivity index (χ2n) is 5.00. The molecule has 3 rings (SSSR count). The van der Waals surface area contributed by atoms with Gasteiger partial charge in [-0.3, -0.25) is 4.98 Å². The lowest BCUT2D eigenvalue weighted by Gasteiger charge is -2.23. The van der Waals surface area contributed by atoms with Gasteiger partial charge in [-0.2, -0.15) is 0 Å². The molecule has 0 aliphatic carbocycles. The monoisotopic (exact) mass is 279 g/mol. The normalized spacial score (nSPS) is 17.1. The molecule has 4 nitrogen and oxygen atoms in total. The van der Waals surface area contributed by atoms with Crippen LogP contribution in [0.4, 0.5) is 0 Å². The number of aryl methyl sites for hydroxylation is 1. The van der Waals surface area contributed by atoms with Crippen molar-refractivity contribution >= 4 is 22.6 Å². The van der Waals surface area contributed by atoms with Gasteiger partial charge in [0.15, 0.2) is 0 Å². The fraction of sp³-hybridized carbons (Fsp3) is 0.571. The lowest BCUT2D eigenvalue weighted by molar-refractivity contribution is 0.0613. The average molecular weight is 280 g/mol. The van der Waals surface area contributed by atoms with Crippen molar-refractivity contribution in [3.05, 3.63) is 24.3 Å². The number of aromatic nitrogens is 3. The van der Waals surface area contributed by atoms with E-state index >= 15 is 0 Å². The summed E-state index contributed by atoms with van der Waals surface area (Å²) < 4.78 is 7.74. The van der Waals surface area contributed by atoms with Crippen LogP contribution in [0.5, 0.6) is 0 Å². The van der Waals surface area contributed by atoms with Crippen LogP contribution in [0.25, 0.3) is 11.0 Å². The third-order valence-electron chi connectivity index (χ3n) is 3.73. The van der Waals surface area contributed by atoms with Crippen LogP contribution in [0.15, 0.2) is 18.5 Å². The highest BCUT2D eigenvalue weighted by atomic mass is 35.5. The van der Waals surface area contributed by atoms with Gasteiger partial charge >= 0.3 is 0 Å². The van der Waals surface area contributed by atoms with Crippen molar-refractivity contribution < 1.29 is 4.74 Å². The molecule has 102 valence electrons. The molecule has 1 aliphatic rings. The van der Waals surface area contributed by atoms with Gasteiger partial charge in [-0.25, -0.2) is 4.98 Å². The molecule has 0 N–H and O–H groups in total. The fourth-order valence-corrected chi connectivity index (χ4v) is 2.87. The first-order chi connectivity index (χ1) is 9.38.